The average Bonchev–Trinajstić information content (AvgIpc) is 2.71. The Morgan fingerprint density at radius 3 is 1.72 bits per heavy atom. The van der Waals surface area contributed by atoms with Crippen LogP contribution in [0.5, 0.6) is 5.75 Å². The van der Waals surface area contributed by atoms with Crippen LogP contribution in [0.15, 0.2) is 6.07 Å². The number of aromatic hydroxyl groups is 1. The molecule has 0 heterocycles. The second-order valence-electron chi connectivity index (χ2n) is 8.45. The first kappa shape index (κ1) is 26.8. The molecular formula is C26H46OS2. The van der Waals surface area contributed by atoms with Crippen LogP contribution in [0.4, 0.5) is 0 Å². The smallest absolute Gasteiger partial charge is 0.122 e. The maximum Gasteiger partial charge on any atom is 0.122 e. The van der Waals surface area contributed by atoms with E-state index >= 15 is 0 Å². The van der Waals surface area contributed by atoms with Crippen molar-refractivity contribution in [3.8, 4) is 5.75 Å². The molecule has 0 fully saturated rings. The molecule has 29 heavy (non-hydrogen) atoms. The summed E-state index contributed by atoms with van der Waals surface area (Å²) < 4.78 is 0. The zero-order valence-electron chi connectivity index (χ0n) is 19.7. The van der Waals surface area contributed by atoms with E-state index in [-0.39, 0.29) is 0 Å². The van der Waals surface area contributed by atoms with Gasteiger partial charge in [0.1, 0.15) is 5.75 Å². The van der Waals surface area contributed by atoms with Crippen molar-refractivity contribution in [3.63, 3.8) is 0 Å². The van der Waals surface area contributed by atoms with Crippen LogP contribution in [-0.2, 0) is 11.5 Å². The van der Waals surface area contributed by atoms with Crippen LogP contribution in [0.1, 0.15) is 113 Å². The molecule has 3 heteroatoms. The highest BCUT2D eigenvalue weighted by Crippen LogP contribution is 2.33. The fourth-order valence-corrected chi connectivity index (χ4v) is 5.88. The molecule has 0 aliphatic rings. The molecule has 0 atom stereocenters. The fourth-order valence-electron chi connectivity index (χ4n) is 3.70. The lowest BCUT2D eigenvalue weighted by Gasteiger charge is -2.16. The number of thioether (sulfide) groups is 2. The third kappa shape index (κ3) is 11.6. The van der Waals surface area contributed by atoms with Crippen molar-refractivity contribution in [3.05, 3.63) is 28.3 Å². The Morgan fingerprint density at radius 1 is 0.690 bits per heavy atom. The van der Waals surface area contributed by atoms with Crippen molar-refractivity contribution in [1.82, 2.24) is 0 Å². The van der Waals surface area contributed by atoms with Gasteiger partial charge in [-0.15, -0.1) is 0 Å². The number of hydrogen-bond acceptors (Lipinski definition) is 3. The van der Waals surface area contributed by atoms with Gasteiger partial charge in [-0.2, -0.15) is 23.5 Å². The normalized spacial score (nSPS) is 11.3. The molecule has 1 N–H and O–H groups in total. The Bertz CT molecular complexity index is 542. The van der Waals surface area contributed by atoms with E-state index in [2.05, 4.69) is 45.5 Å². The summed E-state index contributed by atoms with van der Waals surface area (Å²) >= 11 is 4.05. The van der Waals surface area contributed by atoms with Gasteiger partial charge in [-0.3, -0.25) is 0 Å². The molecule has 1 aromatic rings. The van der Waals surface area contributed by atoms with Crippen molar-refractivity contribution < 1.29 is 5.11 Å². The van der Waals surface area contributed by atoms with E-state index in [9.17, 15) is 5.11 Å². The third-order valence-corrected chi connectivity index (χ3v) is 7.94. The van der Waals surface area contributed by atoms with Crippen molar-refractivity contribution in [2.45, 2.75) is 116 Å². The molecule has 168 valence electrons. The van der Waals surface area contributed by atoms with Gasteiger partial charge in [0.25, 0.3) is 0 Å². The quantitative estimate of drug-likeness (QED) is 0.231. The van der Waals surface area contributed by atoms with Crippen molar-refractivity contribution >= 4 is 23.5 Å². The van der Waals surface area contributed by atoms with Crippen LogP contribution in [0.3, 0.4) is 0 Å². The molecule has 0 aromatic heterocycles. The molecule has 0 spiro atoms. The SMILES string of the molecule is CCCCCCCCSCc1cc(C)c(O)c(CSCCCCCCCC)c1C. The second-order valence-corrected chi connectivity index (χ2v) is 10.7. The summed E-state index contributed by atoms with van der Waals surface area (Å²) in [4.78, 5) is 0. The Labute approximate surface area is 190 Å². The number of phenolic OH excluding ortho intramolecular Hbond substituents is 1. The summed E-state index contributed by atoms with van der Waals surface area (Å²) in [6, 6.07) is 2.21. The Hall–Kier alpha value is -0.280. The lowest BCUT2D eigenvalue weighted by atomic mass is 10.00. The number of unbranched alkanes of at least 4 members (excludes halogenated alkanes) is 10. The summed E-state index contributed by atoms with van der Waals surface area (Å²) in [5.41, 5.74) is 4.96. The summed E-state index contributed by atoms with van der Waals surface area (Å²) in [6.07, 6.45) is 16.3. The predicted octanol–water partition coefficient (Wildman–Crippen LogP) is 9.20. The minimum Gasteiger partial charge on any atom is -0.507 e. The molecule has 0 aliphatic carbocycles. The van der Waals surface area contributed by atoms with Crippen molar-refractivity contribution in [1.29, 1.82) is 0 Å². The highest BCUT2D eigenvalue weighted by atomic mass is 32.2. The highest BCUT2D eigenvalue weighted by molar-refractivity contribution is 7.98. The maximum atomic E-state index is 10.6. The second kappa shape index (κ2) is 17.4. The first-order valence-electron chi connectivity index (χ1n) is 12.1. The molecule has 1 nitrogen and oxygen atoms in total. The molecule has 0 bridgehead atoms. The van der Waals surface area contributed by atoms with Crippen molar-refractivity contribution in [2.75, 3.05) is 11.5 Å². The van der Waals surface area contributed by atoms with E-state index in [4.69, 9.17) is 0 Å². The van der Waals surface area contributed by atoms with Gasteiger partial charge in [-0.05, 0) is 54.9 Å². The summed E-state index contributed by atoms with van der Waals surface area (Å²) in [6.45, 7) is 8.81. The topological polar surface area (TPSA) is 20.2 Å². The van der Waals surface area contributed by atoms with Crippen LogP contribution in [0, 0.1) is 13.8 Å². The van der Waals surface area contributed by atoms with E-state index in [1.54, 1.807) is 0 Å². The predicted molar refractivity (Wildman–Crippen MR) is 137 cm³/mol. The number of hydrogen-bond donors (Lipinski definition) is 1. The van der Waals surface area contributed by atoms with Gasteiger partial charge in [-0.1, -0.05) is 84.1 Å². The Kier molecular flexibility index (Phi) is 16.1. The summed E-state index contributed by atoms with van der Waals surface area (Å²) in [5.74, 6) is 5.03. The Balaban J connectivity index is 2.37. The standard InChI is InChI=1S/C26H46OS2/c1-5-7-9-11-13-15-17-28-20-24-19-22(3)26(27)25(23(24)4)21-29-18-16-14-12-10-8-6-2/h19,27H,5-18,20-21H2,1-4H3. The number of benzene rings is 1. The largest absolute Gasteiger partial charge is 0.507 e. The molecule has 0 unspecified atom stereocenters. The van der Waals surface area contributed by atoms with Gasteiger partial charge in [0.2, 0.25) is 0 Å². The van der Waals surface area contributed by atoms with E-state index in [0.717, 1.165) is 17.1 Å². The summed E-state index contributed by atoms with van der Waals surface area (Å²) in [7, 11) is 0. The number of rotatable bonds is 18. The number of phenols is 1. The van der Waals surface area contributed by atoms with Gasteiger partial charge in [0.15, 0.2) is 0 Å². The van der Waals surface area contributed by atoms with Crippen LogP contribution in [0.25, 0.3) is 0 Å². The van der Waals surface area contributed by atoms with Gasteiger partial charge in [0, 0.05) is 17.1 Å². The molecule has 0 saturated heterocycles. The van der Waals surface area contributed by atoms with Crippen molar-refractivity contribution in [2.24, 2.45) is 0 Å². The third-order valence-electron chi connectivity index (χ3n) is 5.77. The molecule has 0 aliphatic heterocycles. The minimum absolute atomic E-state index is 0.530. The minimum atomic E-state index is 0.530. The zero-order valence-corrected chi connectivity index (χ0v) is 21.3. The molecule has 1 rings (SSSR count). The zero-order chi connectivity index (χ0) is 21.3. The van der Waals surface area contributed by atoms with Gasteiger partial charge >= 0.3 is 0 Å². The Morgan fingerprint density at radius 2 is 1.17 bits per heavy atom. The monoisotopic (exact) mass is 438 g/mol. The van der Waals surface area contributed by atoms with Crippen LogP contribution < -0.4 is 0 Å². The highest BCUT2D eigenvalue weighted by Gasteiger charge is 2.13. The maximum absolute atomic E-state index is 10.6. The lowest BCUT2D eigenvalue weighted by molar-refractivity contribution is 0.465. The molecule has 0 saturated carbocycles. The number of aryl methyl sites for hydroxylation is 1. The van der Waals surface area contributed by atoms with E-state index < -0.39 is 0 Å². The van der Waals surface area contributed by atoms with Gasteiger partial charge < -0.3 is 5.11 Å². The van der Waals surface area contributed by atoms with E-state index in [1.165, 1.54) is 105 Å². The molecule has 0 radical (unpaired) electrons. The molecule has 1 aromatic carbocycles. The van der Waals surface area contributed by atoms with Crippen LogP contribution in [-0.4, -0.2) is 16.6 Å². The summed E-state index contributed by atoms with van der Waals surface area (Å²) in [5, 5.41) is 10.6. The van der Waals surface area contributed by atoms with Crippen LogP contribution >= 0.6 is 23.5 Å². The lowest BCUT2D eigenvalue weighted by Crippen LogP contribution is -1.98. The average molecular weight is 439 g/mol. The molecular weight excluding hydrogens is 392 g/mol. The van der Waals surface area contributed by atoms with Crippen LogP contribution in [0.2, 0.25) is 0 Å². The van der Waals surface area contributed by atoms with Gasteiger partial charge in [0.05, 0.1) is 0 Å². The van der Waals surface area contributed by atoms with E-state index in [1.807, 2.05) is 11.8 Å². The van der Waals surface area contributed by atoms with E-state index in [0.29, 0.717) is 5.75 Å². The fraction of sp³-hybridized carbons (Fsp3) is 0.769. The first-order valence-corrected chi connectivity index (χ1v) is 14.4. The van der Waals surface area contributed by atoms with Gasteiger partial charge in [-0.25, -0.2) is 0 Å². The first-order chi connectivity index (χ1) is 14.1. The molecule has 0 amide bonds.